The molecule has 2 aromatic rings. The molecule has 1 saturated carbocycles. The van der Waals surface area contributed by atoms with Crippen molar-refractivity contribution in [3.8, 4) is 0 Å². The molecule has 28 heavy (non-hydrogen) atoms. The molecule has 1 fully saturated rings. The standard InChI is InChI=1S/C22H24ClN3O2/c1-15(25-26-22(28)18-7-11-19(23)12-8-18)16-9-13-20(14-10-16)24-21(27)17-5-3-2-4-6-17/h7-14,17H,2-6H2,1H3,(H,24,27)(H,26,28)/b25-15-. The Bertz CT molecular complexity index is 854. The fourth-order valence-corrected chi connectivity index (χ4v) is 3.39. The number of benzene rings is 2. The first kappa shape index (κ1) is 20.1. The number of hydrogen-bond donors (Lipinski definition) is 2. The lowest BCUT2D eigenvalue weighted by atomic mass is 9.88. The van der Waals surface area contributed by atoms with Crippen molar-refractivity contribution in [3.05, 3.63) is 64.7 Å². The maximum atomic E-state index is 12.3. The zero-order chi connectivity index (χ0) is 19.9. The van der Waals surface area contributed by atoms with Crippen molar-refractivity contribution >= 4 is 34.8 Å². The van der Waals surface area contributed by atoms with Crippen LogP contribution < -0.4 is 10.7 Å². The summed E-state index contributed by atoms with van der Waals surface area (Å²) in [5.41, 5.74) is 5.35. The number of hydrazone groups is 1. The largest absolute Gasteiger partial charge is 0.326 e. The van der Waals surface area contributed by atoms with Gasteiger partial charge in [0.05, 0.1) is 5.71 Å². The van der Waals surface area contributed by atoms with E-state index in [1.165, 1.54) is 6.42 Å². The summed E-state index contributed by atoms with van der Waals surface area (Å²) in [6, 6.07) is 14.1. The van der Waals surface area contributed by atoms with Gasteiger partial charge in [-0.25, -0.2) is 5.43 Å². The summed E-state index contributed by atoms with van der Waals surface area (Å²) in [5.74, 6) is -0.0692. The molecule has 1 aliphatic carbocycles. The van der Waals surface area contributed by atoms with Gasteiger partial charge in [0.1, 0.15) is 0 Å². The normalized spacial score (nSPS) is 15.1. The highest BCUT2D eigenvalue weighted by Crippen LogP contribution is 2.25. The van der Waals surface area contributed by atoms with Gasteiger partial charge in [-0.2, -0.15) is 5.10 Å². The maximum Gasteiger partial charge on any atom is 0.271 e. The van der Waals surface area contributed by atoms with E-state index < -0.39 is 0 Å². The Morgan fingerprint density at radius 2 is 1.54 bits per heavy atom. The van der Waals surface area contributed by atoms with Crippen LogP contribution in [0.1, 0.15) is 54.9 Å². The van der Waals surface area contributed by atoms with Crippen LogP contribution in [0.25, 0.3) is 0 Å². The lowest BCUT2D eigenvalue weighted by Gasteiger charge is -2.20. The molecule has 0 atom stereocenters. The number of rotatable bonds is 5. The van der Waals surface area contributed by atoms with Gasteiger partial charge >= 0.3 is 0 Å². The predicted octanol–water partition coefficient (Wildman–Crippen LogP) is 5.01. The highest BCUT2D eigenvalue weighted by Gasteiger charge is 2.20. The van der Waals surface area contributed by atoms with Crippen molar-refractivity contribution in [1.29, 1.82) is 0 Å². The lowest BCUT2D eigenvalue weighted by Crippen LogP contribution is -2.24. The second-order valence-corrected chi connectivity index (χ2v) is 7.48. The molecule has 0 saturated heterocycles. The molecule has 3 rings (SSSR count). The minimum absolute atomic E-state index is 0.105. The molecular weight excluding hydrogens is 374 g/mol. The second kappa shape index (κ2) is 9.51. The van der Waals surface area contributed by atoms with E-state index in [2.05, 4.69) is 15.8 Å². The smallest absolute Gasteiger partial charge is 0.271 e. The van der Waals surface area contributed by atoms with Gasteiger partial charge in [0.15, 0.2) is 0 Å². The molecule has 146 valence electrons. The molecule has 2 aromatic carbocycles. The summed E-state index contributed by atoms with van der Waals surface area (Å²) in [5, 5.41) is 7.72. The topological polar surface area (TPSA) is 70.6 Å². The zero-order valence-electron chi connectivity index (χ0n) is 15.9. The molecule has 0 bridgehead atoms. The molecule has 2 amide bonds. The van der Waals surface area contributed by atoms with Crippen LogP contribution >= 0.6 is 11.6 Å². The molecule has 0 aliphatic heterocycles. The predicted molar refractivity (Wildman–Crippen MR) is 113 cm³/mol. The van der Waals surface area contributed by atoms with E-state index in [0.29, 0.717) is 16.3 Å². The number of carbonyl (C=O) groups is 2. The SMILES string of the molecule is C/C(=N/NC(=O)c1ccc(Cl)cc1)c1ccc(NC(=O)C2CCCCC2)cc1. The molecule has 6 heteroatoms. The van der Waals surface area contributed by atoms with Crippen LogP contribution in [0.2, 0.25) is 5.02 Å². The maximum absolute atomic E-state index is 12.3. The number of carbonyl (C=O) groups excluding carboxylic acids is 2. The van der Waals surface area contributed by atoms with Crippen molar-refractivity contribution in [2.24, 2.45) is 11.0 Å². The van der Waals surface area contributed by atoms with Crippen molar-refractivity contribution in [2.45, 2.75) is 39.0 Å². The van der Waals surface area contributed by atoms with E-state index in [9.17, 15) is 9.59 Å². The minimum Gasteiger partial charge on any atom is -0.326 e. The number of halogens is 1. The highest BCUT2D eigenvalue weighted by atomic mass is 35.5. The minimum atomic E-state index is -0.299. The van der Waals surface area contributed by atoms with E-state index in [-0.39, 0.29) is 17.7 Å². The molecule has 0 radical (unpaired) electrons. The molecule has 0 spiro atoms. The van der Waals surface area contributed by atoms with Crippen molar-refractivity contribution in [3.63, 3.8) is 0 Å². The molecule has 1 aliphatic rings. The molecule has 0 heterocycles. The van der Waals surface area contributed by atoms with Crippen molar-refractivity contribution in [2.75, 3.05) is 5.32 Å². The monoisotopic (exact) mass is 397 g/mol. The second-order valence-electron chi connectivity index (χ2n) is 7.05. The Balaban J connectivity index is 1.57. The summed E-state index contributed by atoms with van der Waals surface area (Å²) in [6.07, 6.45) is 5.44. The molecule has 5 nitrogen and oxygen atoms in total. The summed E-state index contributed by atoms with van der Waals surface area (Å²) in [6.45, 7) is 1.82. The summed E-state index contributed by atoms with van der Waals surface area (Å²) in [4.78, 5) is 24.4. The number of amides is 2. The third kappa shape index (κ3) is 5.42. The number of anilines is 1. The first-order chi connectivity index (χ1) is 13.5. The van der Waals surface area contributed by atoms with Gasteiger partial charge in [-0.1, -0.05) is 43.0 Å². The summed E-state index contributed by atoms with van der Waals surface area (Å²) in [7, 11) is 0. The van der Waals surface area contributed by atoms with Gasteiger partial charge in [-0.05, 0) is 61.7 Å². The van der Waals surface area contributed by atoms with E-state index in [4.69, 9.17) is 11.6 Å². The quantitative estimate of drug-likeness (QED) is 0.549. The van der Waals surface area contributed by atoms with Gasteiger partial charge in [-0.15, -0.1) is 0 Å². The Labute approximate surface area is 170 Å². The highest BCUT2D eigenvalue weighted by molar-refractivity contribution is 6.30. The average Bonchev–Trinajstić information content (AvgIpc) is 2.73. The van der Waals surface area contributed by atoms with Crippen LogP contribution in [-0.4, -0.2) is 17.5 Å². The van der Waals surface area contributed by atoms with E-state index >= 15 is 0 Å². The lowest BCUT2D eigenvalue weighted by molar-refractivity contribution is -0.120. The van der Waals surface area contributed by atoms with Crippen LogP contribution in [0.15, 0.2) is 53.6 Å². The molecule has 0 unspecified atom stereocenters. The average molecular weight is 398 g/mol. The third-order valence-corrected chi connectivity index (χ3v) is 5.23. The summed E-state index contributed by atoms with van der Waals surface area (Å²) < 4.78 is 0. The van der Waals surface area contributed by atoms with Crippen LogP contribution in [-0.2, 0) is 4.79 Å². The van der Waals surface area contributed by atoms with Crippen molar-refractivity contribution < 1.29 is 9.59 Å². The Hall–Kier alpha value is -2.66. The van der Waals surface area contributed by atoms with Crippen LogP contribution in [0.5, 0.6) is 0 Å². The Morgan fingerprint density at radius 1 is 0.929 bits per heavy atom. The van der Waals surface area contributed by atoms with E-state index in [1.54, 1.807) is 24.3 Å². The molecule has 0 aromatic heterocycles. The number of hydrogen-bond acceptors (Lipinski definition) is 3. The number of nitrogens with zero attached hydrogens (tertiary/aromatic N) is 1. The first-order valence-corrected chi connectivity index (χ1v) is 9.92. The van der Waals surface area contributed by atoms with Crippen LogP contribution in [0, 0.1) is 5.92 Å². The molecular formula is C22H24ClN3O2. The van der Waals surface area contributed by atoms with Crippen LogP contribution in [0.4, 0.5) is 5.69 Å². The van der Waals surface area contributed by atoms with E-state index in [1.807, 2.05) is 31.2 Å². The fourth-order valence-electron chi connectivity index (χ4n) is 3.27. The fraction of sp³-hybridized carbons (Fsp3) is 0.318. The molecule has 2 N–H and O–H groups in total. The summed E-state index contributed by atoms with van der Waals surface area (Å²) >= 11 is 5.83. The van der Waals surface area contributed by atoms with Gasteiger partial charge in [0.2, 0.25) is 5.91 Å². The first-order valence-electron chi connectivity index (χ1n) is 9.54. The Morgan fingerprint density at radius 3 is 2.18 bits per heavy atom. The number of nitrogens with one attached hydrogen (secondary N) is 2. The van der Waals surface area contributed by atoms with Gasteiger partial charge in [-0.3, -0.25) is 9.59 Å². The van der Waals surface area contributed by atoms with Gasteiger partial charge in [0.25, 0.3) is 5.91 Å². The van der Waals surface area contributed by atoms with Gasteiger partial charge in [0, 0.05) is 22.2 Å². The van der Waals surface area contributed by atoms with E-state index in [0.717, 1.165) is 36.9 Å². The van der Waals surface area contributed by atoms with Crippen LogP contribution in [0.3, 0.4) is 0 Å². The third-order valence-electron chi connectivity index (χ3n) is 4.98. The Kier molecular flexibility index (Phi) is 6.82. The van der Waals surface area contributed by atoms with Gasteiger partial charge < -0.3 is 5.32 Å². The zero-order valence-corrected chi connectivity index (χ0v) is 16.6. The van der Waals surface area contributed by atoms with Crippen molar-refractivity contribution in [1.82, 2.24) is 5.43 Å².